The van der Waals surface area contributed by atoms with Gasteiger partial charge in [-0.2, -0.15) is 0 Å². The molecule has 0 bridgehead atoms. The molecule has 0 amide bonds. The van der Waals surface area contributed by atoms with E-state index in [-0.39, 0.29) is 0 Å². The molecular weight excluding hydrogens is 383 g/mol. The van der Waals surface area contributed by atoms with Gasteiger partial charge in [-0.1, -0.05) is 42.2 Å². The fraction of sp³-hybridized carbons (Fsp3) is 0.550. The second-order valence-corrected chi connectivity index (χ2v) is 8.29. The van der Waals surface area contributed by atoms with E-state index >= 15 is 0 Å². The Labute approximate surface area is 171 Å². The van der Waals surface area contributed by atoms with Crippen molar-refractivity contribution in [3.05, 3.63) is 45.8 Å². The topological polar surface area (TPSA) is 44.5 Å². The van der Waals surface area contributed by atoms with Crippen molar-refractivity contribution in [1.29, 1.82) is 0 Å². The van der Waals surface area contributed by atoms with Gasteiger partial charge >= 0.3 is 0 Å². The number of rotatable bonds is 7. The molecule has 7 heteroatoms. The quantitative estimate of drug-likeness (QED) is 0.684. The van der Waals surface area contributed by atoms with Crippen molar-refractivity contribution in [2.45, 2.75) is 39.3 Å². The van der Waals surface area contributed by atoms with E-state index < -0.39 is 0 Å². The largest absolute Gasteiger partial charge is 0.369 e. The minimum absolute atomic E-state index is 0.398. The molecule has 0 spiro atoms. The number of aromatic nitrogens is 1. The van der Waals surface area contributed by atoms with E-state index in [1.807, 2.05) is 24.3 Å². The van der Waals surface area contributed by atoms with Gasteiger partial charge in [0.2, 0.25) is 0 Å². The summed E-state index contributed by atoms with van der Waals surface area (Å²) < 4.78 is 5.37. The van der Waals surface area contributed by atoms with Crippen LogP contribution in [0.5, 0.6) is 0 Å². The highest BCUT2D eigenvalue weighted by atomic mass is 35.5. The molecule has 1 N–H and O–H groups in total. The van der Waals surface area contributed by atoms with Gasteiger partial charge in [-0.25, -0.2) is 0 Å². The molecule has 2 aromatic rings. The molecule has 1 unspecified atom stereocenters. The predicted octanol–water partition coefficient (Wildman–Crippen LogP) is 4.41. The van der Waals surface area contributed by atoms with Crippen molar-refractivity contribution in [3.8, 4) is 0 Å². The fourth-order valence-electron chi connectivity index (χ4n) is 3.36. The van der Waals surface area contributed by atoms with Crippen LogP contribution in [0.4, 0.5) is 5.69 Å². The highest BCUT2D eigenvalue weighted by Crippen LogP contribution is 2.28. The molecular formula is C20H28Cl2N4O. The van der Waals surface area contributed by atoms with Crippen LogP contribution in [0, 0.1) is 0 Å². The summed E-state index contributed by atoms with van der Waals surface area (Å²) in [5.41, 5.74) is 2.15. The smallest absolute Gasteiger partial charge is 0.150 e. The molecule has 1 aromatic carbocycles. The zero-order valence-electron chi connectivity index (χ0n) is 16.2. The van der Waals surface area contributed by atoms with Gasteiger partial charge in [0.15, 0.2) is 5.76 Å². The van der Waals surface area contributed by atoms with Crippen molar-refractivity contribution < 1.29 is 4.52 Å². The maximum atomic E-state index is 6.16. The number of halogens is 2. The number of nitrogens with one attached hydrogen (secondary N) is 1. The van der Waals surface area contributed by atoms with E-state index in [0.717, 1.165) is 56.4 Å². The van der Waals surface area contributed by atoms with Gasteiger partial charge in [0.25, 0.3) is 0 Å². The highest BCUT2D eigenvalue weighted by molar-refractivity contribution is 6.42. The van der Waals surface area contributed by atoms with Crippen LogP contribution in [0.25, 0.3) is 0 Å². The molecule has 1 atom stereocenters. The van der Waals surface area contributed by atoms with E-state index in [0.29, 0.717) is 22.0 Å². The number of benzene rings is 1. The number of nitrogens with zero attached hydrogens (tertiary/aromatic N) is 3. The van der Waals surface area contributed by atoms with Crippen molar-refractivity contribution in [3.63, 3.8) is 0 Å². The summed E-state index contributed by atoms with van der Waals surface area (Å²) >= 11 is 12.2. The molecule has 2 heterocycles. The average Bonchev–Trinajstić information content (AvgIpc) is 3.11. The zero-order valence-corrected chi connectivity index (χ0v) is 17.7. The van der Waals surface area contributed by atoms with Crippen LogP contribution in [-0.2, 0) is 6.54 Å². The van der Waals surface area contributed by atoms with Crippen LogP contribution < -0.4 is 10.2 Å². The fourth-order valence-corrected chi connectivity index (χ4v) is 3.65. The zero-order chi connectivity index (χ0) is 19.4. The first-order valence-corrected chi connectivity index (χ1v) is 10.3. The second-order valence-electron chi connectivity index (χ2n) is 7.48. The normalized spacial score (nSPS) is 18.4. The third-order valence-electron chi connectivity index (χ3n) is 5.08. The van der Waals surface area contributed by atoms with Crippen molar-refractivity contribution >= 4 is 28.9 Å². The molecule has 1 aliphatic heterocycles. The monoisotopic (exact) mass is 410 g/mol. The lowest BCUT2D eigenvalue weighted by Crippen LogP contribution is -2.53. The third kappa shape index (κ3) is 5.38. The van der Waals surface area contributed by atoms with Crippen LogP contribution in [0.15, 0.2) is 28.8 Å². The Hall–Kier alpha value is -1.27. The average molecular weight is 411 g/mol. The first-order valence-electron chi connectivity index (χ1n) is 9.54. The van der Waals surface area contributed by atoms with E-state index in [2.05, 4.69) is 41.0 Å². The molecule has 1 aromatic heterocycles. The van der Waals surface area contributed by atoms with Gasteiger partial charge in [-0.05, 0) is 31.0 Å². The number of anilines is 1. The minimum Gasteiger partial charge on any atom is -0.369 e. The van der Waals surface area contributed by atoms with E-state index in [9.17, 15) is 0 Å². The molecule has 3 rings (SSSR count). The standard InChI is InChI=1S/C20H28Cl2N4O/c1-14(2)20-11-17(27-24-20)12-23-6-7-25-8-9-26(13-15(25)3)16-4-5-18(21)19(22)10-16/h4-5,10-11,14-15,23H,6-9,12-13H2,1-3H3. The summed E-state index contributed by atoms with van der Waals surface area (Å²) in [6, 6.07) is 8.38. The molecule has 1 saturated heterocycles. The first kappa shape index (κ1) is 20.5. The molecule has 0 radical (unpaired) electrons. The second kappa shape index (κ2) is 9.28. The van der Waals surface area contributed by atoms with Crippen LogP contribution in [0.2, 0.25) is 10.0 Å². The maximum Gasteiger partial charge on any atom is 0.150 e. The summed E-state index contributed by atoms with van der Waals surface area (Å²) in [7, 11) is 0. The Balaban J connectivity index is 1.42. The Morgan fingerprint density at radius 2 is 2.04 bits per heavy atom. The van der Waals surface area contributed by atoms with E-state index in [1.54, 1.807) is 0 Å². The molecule has 27 heavy (non-hydrogen) atoms. The van der Waals surface area contributed by atoms with Gasteiger partial charge in [0.05, 0.1) is 22.3 Å². The van der Waals surface area contributed by atoms with E-state index in [4.69, 9.17) is 27.7 Å². The first-order chi connectivity index (χ1) is 12.9. The third-order valence-corrected chi connectivity index (χ3v) is 5.82. The van der Waals surface area contributed by atoms with Crippen molar-refractivity contribution in [2.24, 2.45) is 0 Å². The molecule has 1 aliphatic rings. The van der Waals surface area contributed by atoms with Crippen LogP contribution in [0.3, 0.4) is 0 Å². The lowest BCUT2D eigenvalue weighted by molar-refractivity contribution is 0.189. The highest BCUT2D eigenvalue weighted by Gasteiger charge is 2.23. The molecule has 148 valence electrons. The van der Waals surface area contributed by atoms with E-state index in [1.165, 1.54) is 0 Å². The van der Waals surface area contributed by atoms with Crippen molar-refractivity contribution in [1.82, 2.24) is 15.4 Å². The Morgan fingerprint density at radius 3 is 2.70 bits per heavy atom. The summed E-state index contributed by atoms with van der Waals surface area (Å²) in [5, 5.41) is 8.77. The Kier molecular flexibility index (Phi) is 7.04. The Morgan fingerprint density at radius 1 is 1.22 bits per heavy atom. The molecule has 5 nitrogen and oxygen atoms in total. The Bertz CT molecular complexity index is 749. The number of hydrogen-bond donors (Lipinski definition) is 1. The van der Waals surface area contributed by atoms with Crippen LogP contribution >= 0.6 is 23.2 Å². The number of hydrogen-bond acceptors (Lipinski definition) is 5. The molecule has 1 fully saturated rings. The van der Waals surface area contributed by atoms with Crippen LogP contribution in [-0.4, -0.2) is 48.8 Å². The summed E-state index contributed by atoms with van der Waals surface area (Å²) in [5.74, 6) is 1.30. The van der Waals surface area contributed by atoms with Crippen LogP contribution in [0.1, 0.15) is 38.1 Å². The summed E-state index contributed by atoms with van der Waals surface area (Å²) in [6.07, 6.45) is 0. The summed E-state index contributed by atoms with van der Waals surface area (Å²) in [4.78, 5) is 4.89. The van der Waals surface area contributed by atoms with Gasteiger partial charge in [-0.3, -0.25) is 4.90 Å². The maximum absolute atomic E-state index is 6.16. The number of piperazine rings is 1. The minimum atomic E-state index is 0.398. The predicted molar refractivity (Wildman–Crippen MR) is 112 cm³/mol. The van der Waals surface area contributed by atoms with Gasteiger partial charge in [-0.15, -0.1) is 0 Å². The van der Waals surface area contributed by atoms with Gasteiger partial charge < -0.3 is 14.7 Å². The summed E-state index contributed by atoms with van der Waals surface area (Å²) in [6.45, 7) is 12.2. The molecule has 0 aliphatic carbocycles. The van der Waals surface area contributed by atoms with Gasteiger partial charge in [0.1, 0.15) is 0 Å². The SMILES string of the molecule is CC(C)c1cc(CNCCN2CCN(c3ccc(Cl)c(Cl)c3)CC2C)on1. The lowest BCUT2D eigenvalue weighted by Gasteiger charge is -2.41. The van der Waals surface area contributed by atoms with Gasteiger partial charge in [0, 0.05) is 50.5 Å². The van der Waals surface area contributed by atoms with Crippen molar-refractivity contribution in [2.75, 3.05) is 37.6 Å². The molecule has 0 saturated carbocycles. The lowest BCUT2D eigenvalue weighted by atomic mass is 10.1.